The van der Waals surface area contributed by atoms with E-state index < -0.39 is 0 Å². The summed E-state index contributed by atoms with van der Waals surface area (Å²) in [5.41, 5.74) is 0.528. The summed E-state index contributed by atoms with van der Waals surface area (Å²) in [5.74, 6) is -0.231. The normalized spacial score (nSPS) is 19.9. The number of urea groups is 1. The Morgan fingerprint density at radius 3 is 2.58 bits per heavy atom. The van der Waals surface area contributed by atoms with E-state index in [1.54, 1.807) is 18.2 Å². The second-order valence-corrected chi connectivity index (χ2v) is 7.90. The molecule has 2 unspecified atom stereocenters. The van der Waals surface area contributed by atoms with Gasteiger partial charge in [0, 0.05) is 23.3 Å². The Bertz CT molecular complexity index is 647. The van der Waals surface area contributed by atoms with Crippen LogP contribution in [0.25, 0.3) is 0 Å². The zero-order valence-corrected chi connectivity index (χ0v) is 17.2. The lowest BCUT2D eigenvalue weighted by molar-refractivity contribution is 0.0920. The van der Waals surface area contributed by atoms with Gasteiger partial charge in [-0.25, -0.2) is 4.79 Å². The van der Waals surface area contributed by atoms with E-state index >= 15 is 0 Å². The summed E-state index contributed by atoms with van der Waals surface area (Å²) < 4.78 is 0. The summed E-state index contributed by atoms with van der Waals surface area (Å²) in [6.07, 6.45) is 1.96. The molecule has 1 heterocycles. The molecule has 0 saturated carbocycles. The van der Waals surface area contributed by atoms with Crippen molar-refractivity contribution >= 4 is 41.6 Å². The number of carbonyl (C=O) groups is 2. The van der Waals surface area contributed by atoms with Gasteiger partial charge >= 0.3 is 6.03 Å². The van der Waals surface area contributed by atoms with E-state index in [4.69, 9.17) is 11.6 Å². The van der Waals surface area contributed by atoms with Crippen molar-refractivity contribution in [1.82, 2.24) is 16.0 Å². The lowest BCUT2D eigenvalue weighted by Gasteiger charge is -2.30. The molecule has 1 saturated heterocycles. The maximum absolute atomic E-state index is 12.6. The number of amides is 3. The monoisotopic (exact) mass is 402 g/mol. The van der Waals surface area contributed by atoms with Crippen LogP contribution in [-0.4, -0.2) is 36.1 Å². The van der Waals surface area contributed by atoms with Crippen LogP contribution in [0, 0.1) is 0 Å². The first-order chi connectivity index (χ1) is 11.7. The summed E-state index contributed by atoms with van der Waals surface area (Å²) in [7, 11) is 0. The number of carbonyl (C=O) groups excluding carboxylic acids is 2. The number of piperidine rings is 1. The van der Waals surface area contributed by atoms with Crippen molar-refractivity contribution < 1.29 is 9.59 Å². The van der Waals surface area contributed by atoms with Gasteiger partial charge in [0.05, 0.1) is 10.6 Å². The minimum atomic E-state index is -0.346. The van der Waals surface area contributed by atoms with E-state index in [0.29, 0.717) is 16.3 Å². The molecular weight excluding hydrogens is 375 g/mol. The van der Waals surface area contributed by atoms with Crippen molar-refractivity contribution in [1.29, 1.82) is 0 Å². The zero-order chi connectivity index (χ0) is 18.6. The molecule has 8 heteroatoms. The molecule has 0 spiro atoms. The Hall–Kier alpha value is -1.50. The van der Waals surface area contributed by atoms with Crippen molar-refractivity contribution in [2.45, 2.75) is 58.2 Å². The van der Waals surface area contributed by atoms with Gasteiger partial charge in [-0.1, -0.05) is 11.6 Å². The van der Waals surface area contributed by atoms with Crippen molar-refractivity contribution in [2.75, 3.05) is 11.9 Å². The van der Waals surface area contributed by atoms with E-state index in [9.17, 15) is 9.59 Å². The fourth-order valence-corrected chi connectivity index (χ4v) is 2.97. The first-order valence-corrected chi connectivity index (χ1v) is 8.96. The summed E-state index contributed by atoms with van der Waals surface area (Å²) in [5, 5.41) is 12.3. The van der Waals surface area contributed by atoms with Gasteiger partial charge in [0.2, 0.25) is 0 Å². The average Bonchev–Trinajstić information content (AvgIpc) is 2.49. The van der Waals surface area contributed by atoms with E-state index in [0.717, 1.165) is 19.4 Å². The molecule has 1 aromatic rings. The molecule has 2 rings (SSSR count). The maximum atomic E-state index is 12.6. The molecule has 2 atom stereocenters. The highest BCUT2D eigenvalue weighted by molar-refractivity contribution is 6.34. The molecule has 1 aromatic carbocycles. The number of anilines is 1. The number of rotatable bonds is 3. The molecule has 1 aliphatic heterocycles. The van der Waals surface area contributed by atoms with Crippen LogP contribution in [0.4, 0.5) is 10.5 Å². The standard InChI is InChI=1S/C18H27ClN4O2.ClH/c1-11-15(6-5-9-20-11)22-16(24)13-10-12(7-8-14(13)19)21-17(25)23-18(2,3)4;/h7-8,10-11,15,20H,5-6,9H2,1-4H3,(H,22,24)(H2,21,23,25);1H. The molecule has 1 fully saturated rings. The third-order valence-corrected chi connectivity index (χ3v) is 4.37. The smallest absolute Gasteiger partial charge is 0.319 e. The largest absolute Gasteiger partial charge is 0.348 e. The third kappa shape index (κ3) is 6.67. The quantitative estimate of drug-likeness (QED) is 0.623. The first-order valence-electron chi connectivity index (χ1n) is 8.59. The van der Waals surface area contributed by atoms with E-state index in [1.807, 2.05) is 20.8 Å². The predicted molar refractivity (Wildman–Crippen MR) is 109 cm³/mol. The molecule has 0 bridgehead atoms. The number of benzene rings is 1. The van der Waals surface area contributed by atoms with Gasteiger partial charge in [0.25, 0.3) is 5.91 Å². The lowest BCUT2D eigenvalue weighted by atomic mass is 9.99. The second-order valence-electron chi connectivity index (χ2n) is 7.49. The topological polar surface area (TPSA) is 82.3 Å². The highest BCUT2D eigenvalue weighted by Crippen LogP contribution is 2.21. The van der Waals surface area contributed by atoms with E-state index in [2.05, 4.69) is 28.2 Å². The van der Waals surface area contributed by atoms with Crippen molar-refractivity contribution in [3.8, 4) is 0 Å². The third-order valence-electron chi connectivity index (χ3n) is 4.04. The average molecular weight is 403 g/mol. The summed E-state index contributed by atoms with van der Waals surface area (Å²) in [6.45, 7) is 8.71. The summed E-state index contributed by atoms with van der Waals surface area (Å²) in [4.78, 5) is 24.6. The predicted octanol–water partition coefficient (Wildman–Crippen LogP) is 3.55. The van der Waals surface area contributed by atoms with Gasteiger partial charge < -0.3 is 21.3 Å². The Labute approximate surface area is 166 Å². The van der Waals surface area contributed by atoms with Gasteiger partial charge in [-0.15, -0.1) is 12.4 Å². The van der Waals surface area contributed by atoms with Gasteiger partial charge in [-0.3, -0.25) is 4.79 Å². The van der Waals surface area contributed by atoms with Crippen LogP contribution in [0.5, 0.6) is 0 Å². The van der Waals surface area contributed by atoms with Crippen LogP contribution in [0.3, 0.4) is 0 Å². The molecular formula is C18H28Cl2N4O2. The second kappa shape index (κ2) is 9.44. The van der Waals surface area contributed by atoms with Crippen LogP contribution in [-0.2, 0) is 0 Å². The number of nitrogens with one attached hydrogen (secondary N) is 4. The minimum absolute atomic E-state index is 0. The van der Waals surface area contributed by atoms with E-state index in [1.165, 1.54) is 0 Å². The van der Waals surface area contributed by atoms with Crippen LogP contribution >= 0.6 is 24.0 Å². The van der Waals surface area contributed by atoms with E-state index in [-0.39, 0.29) is 42.0 Å². The Balaban J connectivity index is 0.00000338. The minimum Gasteiger partial charge on any atom is -0.348 e. The van der Waals surface area contributed by atoms with Crippen molar-refractivity contribution in [2.24, 2.45) is 0 Å². The highest BCUT2D eigenvalue weighted by Gasteiger charge is 2.24. The molecule has 146 valence electrons. The maximum Gasteiger partial charge on any atom is 0.319 e. The molecule has 3 amide bonds. The van der Waals surface area contributed by atoms with Crippen LogP contribution in [0.2, 0.25) is 5.02 Å². The molecule has 0 radical (unpaired) electrons. The fraction of sp³-hybridized carbons (Fsp3) is 0.556. The van der Waals surface area contributed by atoms with Crippen LogP contribution < -0.4 is 21.3 Å². The van der Waals surface area contributed by atoms with Gasteiger partial charge in [0.1, 0.15) is 0 Å². The van der Waals surface area contributed by atoms with Crippen molar-refractivity contribution in [3.05, 3.63) is 28.8 Å². The Morgan fingerprint density at radius 2 is 1.96 bits per heavy atom. The number of hydrogen-bond acceptors (Lipinski definition) is 3. The lowest BCUT2D eigenvalue weighted by Crippen LogP contribution is -2.51. The SMILES string of the molecule is CC1NCCCC1NC(=O)c1cc(NC(=O)NC(C)(C)C)ccc1Cl.Cl. The molecule has 4 N–H and O–H groups in total. The first kappa shape index (κ1) is 22.5. The summed E-state index contributed by atoms with van der Waals surface area (Å²) in [6, 6.07) is 4.85. The number of halogens is 2. The zero-order valence-electron chi connectivity index (χ0n) is 15.6. The molecule has 1 aliphatic rings. The Kier molecular flexibility index (Phi) is 8.18. The summed E-state index contributed by atoms with van der Waals surface area (Å²) >= 11 is 6.18. The van der Waals surface area contributed by atoms with Gasteiger partial charge in [-0.05, 0) is 65.3 Å². The molecule has 26 heavy (non-hydrogen) atoms. The Morgan fingerprint density at radius 1 is 1.27 bits per heavy atom. The molecule has 0 aliphatic carbocycles. The highest BCUT2D eigenvalue weighted by atomic mass is 35.5. The van der Waals surface area contributed by atoms with Gasteiger partial charge in [-0.2, -0.15) is 0 Å². The molecule has 0 aromatic heterocycles. The van der Waals surface area contributed by atoms with Gasteiger partial charge in [0.15, 0.2) is 0 Å². The number of hydrogen-bond donors (Lipinski definition) is 4. The van der Waals surface area contributed by atoms with Crippen molar-refractivity contribution in [3.63, 3.8) is 0 Å². The molecule has 6 nitrogen and oxygen atoms in total. The van der Waals surface area contributed by atoms with Crippen LogP contribution in [0.1, 0.15) is 50.9 Å². The fourth-order valence-electron chi connectivity index (χ4n) is 2.77. The van der Waals surface area contributed by atoms with Crippen LogP contribution in [0.15, 0.2) is 18.2 Å².